The Balaban J connectivity index is 0.00000144. The minimum Gasteiger partial charge on any atom is -0.390 e. The Morgan fingerprint density at radius 2 is 2.00 bits per heavy atom. The van der Waals surface area contributed by atoms with Crippen molar-refractivity contribution < 1.29 is 37.5 Å². The second-order valence-electron chi connectivity index (χ2n) is 4.20. The third kappa shape index (κ3) is 3.42. The van der Waals surface area contributed by atoms with Gasteiger partial charge in [-0.25, -0.2) is 0 Å². The van der Waals surface area contributed by atoms with Crippen molar-refractivity contribution in [1.82, 2.24) is 4.81 Å². The fourth-order valence-electron chi connectivity index (χ4n) is 2.12. The molecule has 1 saturated heterocycles. The molecule has 3 radical (unpaired) electrons. The summed E-state index contributed by atoms with van der Waals surface area (Å²) in [6.45, 7) is 3.84. The van der Waals surface area contributed by atoms with Crippen molar-refractivity contribution in [3.8, 4) is 0 Å². The summed E-state index contributed by atoms with van der Waals surface area (Å²) in [5.74, 6) is 0.0393. The van der Waals surface area contributed by atoms with E-state index in [9.17, 15) is 4.79 Å². The molecule has 1 fully saturated rings. The average molecular weight is 301 g/mol. The van der Waals surface area contributed by atoms with Gasteiger partial charge in [0.1, 0.15) is 0 Å². The first-order valence-electron chi connectivity index (χ1n) is 5.67. The van der Waals surface area contributed by atoms with Crippen molar-refractivity contribution in [3.05, 3.63) is 42.3 Å². The molecular weight excluding hydrogens is 286 g/mol. The molecule has 0 aliphatic carbocycles. The van der Waals surface area contributed by atoms with E-state index in [0.29, 0.717) is 6.42 Å². The van der Waals surface area contributed by atoms with Gasteiger partial charge in [-0.2, -0.15) is 6.42 Å². The Hall–Kier alpha value is -0.141. The van der Waals surface area contributed by atoms with Crippen molar-refractivity contribution in [3.63, 3.8) is 0 Å². The molecular formula is C13H15BNOY-. The van der Waals surface area contributed by atoms with Gasteiger partial charge in [-0.1, -0.05) is 29.8 Å². The van der Waals surface area contributed by atoms with Crippen LogP contribution >= 0.6 is 0 Å². The number of benzene rings is 1. The van der Waals surface area contributed by atoms with Crippen LogP contribution in [0.15, 0.2) is 24.3 Å². The van der Waals surface area contributed by atoms with Crippen LogP contribution in [0.4, 0.5) is 0 Å². The van der Waals surface area contributed by atoms with Gasteiger partial charge in [-0.3, -0.25) is 4.79 Å². The fourth-order valence-corrected chi connectivity index (χ4v) is 2.12. The molecule has 1 amide bonds. The van der Waals surface area contributed by atoms with E-state index in [4.69, 9.17) is 7.98 Å². The third-order valence-electron chi connectivity index (χ3n) is 3.15. The molecule has 1 heterocycles. The predicted octanol–water partition coefficient (Wildman–Crippen LogP) is 2.20. The molecule has 1 unspecified atom stereocenters. The number of carbonyl (C=O) groups is 1. The van der Waals surface area contributed by atoms with Gasteiger partial charge in [-0.15, -0.1) is 0 Å². The Labute approximate surface area is 129 Å². The zero-order valence-corrected chi connectivity index (χ0v) is 12.8. The van der Waals surface area contributed by atoms with Crippen LogP contribution in [0.5, 0.6) is 0 Å². The van der Waals surface area contributed by atoms with Crippen molar-refractivity contribution in [2.75, 3.05) is 0 Å². The molecule has 2 rings (SSSR count). The summed E-state index contributed by atoms with van der Waals surface area (Å²) in [6.07, 6.45) is 3.24. The van der Waals surface area contributed by atoms with Gasteiger partial charge >= 0.3 is 0 Å². The van der Waals surface area contributed by atoms with Gasteiger partial charge < -0.3 is 11.7 Å². The number of rotatable bonds is 2. The third-order valence-corrected chi connectivity index (χ3v) is 3.15. The van der Waals surface area contributed by atoms with Crippen LogP contribution in [0.1, 0.15) is 36.4 Å². The molecule has 17 heavy (non-hydrogen) atoms. The zero-order valence-electron chi connectivity index (χ0n) is 9.93. The Bertz CT molecular complexity index is 380. The minimum absolute atomic E-state index is 0. The zero-order chi connectivity index (χ0) is 11.5. The Morgan fingerprint density at radius 3 is 2.59 bits per heavy atom. The van der Waals surface area contributed by atoms with E-state index in [0.717, 1.165) is 24.8 Å². The van der Waals surface area contributed by atoms with E-state index < -0.39 is 0 Å². The molecule has 1 aliphatic heterocycles. The van der Waals surface area contributed by atoms with Crippen molar-refractivity contribution >= 4 is 13.9 Å². The number of piperidine rings is 1. The largest absolute Gasteiger partial charge is 0.390 e. The van der Waals surface area contributed by atoms with Gasteiger partial charge in [0.2, 0.25) is 13.9 Å². The van der Waals surface area contributed by atoms with Crippen LogP contribution in [0.25, 0.3) is 0 Å². The molecule has 4 heteroatoms. The van der Waals surface area contributed by atoms with E-state index in [-0.39, 0.29) is 44.7 Å². The normalized spacial score (nSPS) is 19.9. The first-order valence-corrected chi connectivity index (χ1v) is 5.67. The van der Waals surface area contributed by atoms with E-state index in [1.165, 1.54) is 10.4 Å². The van der Waals surface area contributed by atoms with Crippen molar-refractivity contribution in [2.24, 2.45) is 0 Å². The summed E-state index contributed by atoms with van der Waals surface area (Å²) >= 11 is 0. The number of nitrogens with zero attached hydrogens (tertiary/aromatic N) is 1. The topological polar surface area (TPSA) is 20.3 Å². The van der Waals surface area contributed by atoms with Crippen LogP contribution in [-0.4, -0.2) is 18.7 Å². The van der Waals surface area contributed by atoms with Crippen LogP contribution < -0.4 is 0 Å². The predicted molar refractivity (Wildman–Crippen MR) is 64.7 cm³/mol. The second-order valence-corrected chi connectivity index (χ2v) is 4.20. The van der Waals surface area contributed by atoms with Gasteiger partial charge in [0.05, 0.1) is 0 Å². The number of amides is 1. The molecule has 85 valence electrons. The molecule has 1 aromatic carbocycles. The first kappa shape index (κ1) is 14.9. The SMILES string of the molecule is [B]N1C(=O)CCCC1c1ccc(C[CH2-])cc1.[Y]. The summed E-state index contributed by atoms with van der Waals surface area (Å²) in [5, 5.41) is 0. The first-order chi connectivity index (χ1) is 7.72. The number of hydrogen-bond acceptors (Lipinski definition) is 1. The maximum Gasteiger partial charge on any atom is 0.231 e. The standard InChI is InChI=1S/C13H15BNO.Y/c1-2-10-6-8-11(9-7-10)12-4-3-5-13(16)15(12)14;/h6-9,12H,1-5H2;/q-1;. The molecule has 1 aliphatic rings. The van der Waals surface area contributed by atoms with Crippen LogP contribution in [0.2, 0.25) is 0 Å². The maximum absolute atomic E-state index is 11.5. The minimum atomic E-state index is 0. The molecule has 2 nitrogen and oxygen atoms in total. The summed E-state index contributed by atoms with van der Waals surface area (Å²) in [5.41, 5.74) is 2.32. The monoisotopic (exact) mass is 301 g/mol. The quantitative estimate of drug-likeness (QED) is 0.606. The fraction of sp³-hybridized carbons (Fsp3) is 0.385. The summed E-state index contributed by atoms with van der Waals surface area (Å²) in [6, 6.07) is 8.23. The van der Waals surface area contributed by atoms with Crippen molar-refractivity contribution in [1.29, 1.82) is 0 Å². The van der Waals surface area contributed by atoms with E-state index in [1.807, 2.05) is 12.1 Å². The van der Waals surface area contributed by atoms with Crippen LogP contribution in [0.3, 0.4) is 0 Å². The molecule has 1 aromatic rings. The summed E-state index contributed by atoms with van der Waals surface area (Å²) in [7, 11) is 5.80. The van der Waals surface area contributed by atoms with E-state index in [1.54, 1.807) is 0 Å². The molecule has 0 N–H and O–H groups in total. The van der Waals surface area contributed by atoms with Crippen LogP contribution in [-0.2, 0) is 43.9 Å². The molecule has 0 aromatic heterocycles. The van der Waals surface area contributed by atoms with Gasteiger partial charge in [0, 0.05) is 45.2 Å². The van der Waals surface area contributed by atoms with E-state index >= 15 is 0 Å². The van der Waals surface area contributed by atoms with Gasteiger partial charge in [0.25, 0.3) is 0 Å². The Morgan fingerprint density at radius 1 is 1.35 bits per heavy atom. The van der Waals surface area contributed by atoms with Gasteiger partial charge in [-0.05, 0) is 18.4 Å². The van der Waals surface area contributed by atoms with Crippen LogP contribution in [0, 0.1) is 6.92 Å². The summed E-state index contributed by atoms with van der Waals surface area (Å²) < 4.78 is 0. The van der Waals surface area contributed by atoms with Gasteiger partial charge in [0.15, 0.2) is 0 Å². The average Bonchev–Trinajstić information content (AvgIpc) is 2.33. The molecule has 1 atom stereocenters. The van der Waals surface area contributed by atoms with E-state index in [2.05, 4.69) is 19.1 Å². The molecule has 0 spiro atoms. The number of hydrogen-bond donors (Lipinski definition) is 0. The maximum atomic E-state index is 11.5. The number of carbonyl (C=O) groups excluding carboxylic acids is 1. The Kier molecular flexibility index (Phi) is 5.88. The molecule has 0 saturated carbocycles. The smallest absolute Gasteiger partial charge is 0.231 e. The molecule has 0 bridgehead atoms. The van der Waals surface area contributed by atoms with Crippen molar-refractivity contribution in [2.45, 2.75) is 31.7 Å². The second kappa shape index (κ2) is 6.70. The summed E-state index contributed by atoms with van der Waals surface area (Å²) in [4.78, 5) is 12.9.